The van der Waals surface area contributed by atoms with E-state index < -0.39 is 4.92 Å². The molecule has 0 spiro atoms. The number of allylic oxidation sites excluding steroid dienone is 1. The quantitative estimate of drug-likeness (QED) is 0.323. The van der Waals surface area contributed by atoms with Gasteiger partial charge in [-0.25, -0.2) is 0 Å². The zero-order chi connectivity index (χ0) is 19.2. The Bertz CT molecular complexity index is 845. The molecule has 9 heteroatoms. The van der Waals surface area contributed by atoms with Gasteiger partial charge in [-0.1, -0.05) is 42.8 Å². The number of carbonyl (C=O) groups is 1. The van der Waals surface area contributed by atoms with E-state index in [9.17, 15) is 14.9 Å². The van der Waals surface area contributed by atoms with E-state index in [1.807, 2.05) is 0 Å². The van der Waals surface area contributed by atoms with Crippen LogP contribution in [0.3, 0.4) is 0 Å². The SMILES string of the molecule is C=CCn1c(SCC(=O)NC2CCCC2)nnc1-c1cccc([N+](=O)[O-])c1. The summed E-state index contributed by atoms with van der Waals surface area (Å²) >= 11 is 1.30. The molecule has 1 heterocycles. The number of hydrogen-bond acceptors (Lipinski definition) is 6. The smallest absolute Gasteiger partial charge is 0.270 e. The first-order valence-corrected chi connectivity index (χ1v) is 9.78. The van der Waals surface area contributed by atoms with Gasteiger partial charge in [0.25, 0.3) is 5.69 Å². The fraction of sp³-hybridized carbons (Fsp3) is 0.389. The molecule has 1 fully saturated rings. The van der Waals surface area contributed by atoms with Crippen LogP contribution >= 0.6 is 11.8 Å². The number of nitro benzene ring substituents is 1. The number of nitrogens with zero attached hydrogens (tertiary/aromatic N) is 4. The first-order valence-electron chi connectivity index (χ1n) is 8.79. The van der Waals surface area contributed by atoms with Crippen LogP contribution < -0.4 is 5.32 Å². The maximum absolute atomic E-state index is 12.2. The minimum Gasteiger partial charge on any atom is -0.353 e. The van der Waals surface area contributed by atoms with Gasteiger partial charge in [0.2, 0.25) is 5.91 Å². The van der Waals surface area contributed by atoms with Crippen LogP contribution in [0.25, 0.3) is 11.4 Å². The molecule has 0 aliphatic heterocycles. The molecule has 1 aromatic heterocycles. The minimum atomic E-state index is -0.444. The zero-order valence-corrected chi connectivity index (χ0v) is 15.7. The molecule has 0 bridgehead atoms. The molecular weight excluding hydrogens is 366 g/mol. The molecule has 2 aromatic rings. The van der Waals surface area contributed by atoms with Gasteiger partial charge in [0.15, 0.2) is 11.0 Å². The second-order valence-electron chi connectivity index (χ2n) is 6.35. The molecule has 142 valence electrons. The Labute approximate surface area is 161 Å². The molecule has 8 nitrogen and oxygen atoms in total. The number of benzene rings is 1. The van der Waals surface area contributed by atoms with E-state index in [4.69, 9.17) is 0 Å². The molecule has 0 radical (unpaired) electrons. The van der Waals surface area contributed by atoms with Crippen LogP contribution in [0.2, 0.25) is 0 Å². The molecule has 0 saturated heterocycles. The second-order valence-corrected chi connectivity index (χ2v) is 7.29. The lowest BCUT2D eigenvalue weighted by Crippen LogP contribution is -2.33. The Kier molecular flexibility index (Phi) is 6.23. The van der Waals surface area contributed by atoms with Crippen molar-refractivity contribution in [2.24, 2.45) is 0 Å². The number of hydrogen-bond donors (Lipinski definition) is 1. The maximum Gasteiger partial charge on any atom is 0.270 e. The number of rotatable bonds is 8. The zero-order valence-electron chi connectivity index (χ0n) is 14.8. The summed E-state index contributed by atoms with van der Waals surface area (Å²) in [6.45, 7) is 4.19. The van der Waals surface area contributed by atoms with E-state index in [0.29, 0.717) is 23.1 Å². The van der Waals surface area contributed by atoms with Gasteiger partial charge >= 0.3 is 0 Å². The molecule has 3 rings (SSSR count). The van der Waals surface area contributed by atoms with E-state index in [1.54, 1.807) is 22.8 Å². The molecule has 1 aromatic carbocycles. The molecule has 1 saturated carbocycles. The largest absolute Gasteiger partial charge is 0.353 e. The van der Waals surface area contributed by atoms with Gasteiger partial charge in [0.05, 0.1) is 10.7 Å². The van der Waals surface area contributed by atoms with Crippen molar-refractivity contribution in [3.8, 4) is 11.4 Å². The number of nitro groups is 1. The summed E-state index contributed by atoms with van der Waals surface area (Å²) in [5.41, 5.74) is 0.589. The van der Waals surface area contributed by atoms with Gasteiger partial charge in [-0.15, -0.1) is 16.8 Å². The highest BCUT2D eigenvalue weighted by molar-refractivity contribution is 7.99. The normalized spacial score (nSPS) is 14.2. The lowest BCUT2D eigenvalue weighted by molar-refractivity contribution is -0.384. The molecule has 0 unspecified atom stereocenters. The Morgan fingerprint density at radius 3 is 2.89 bits per heavy atom. The predicted octanol–water partition coefficient (Wildman–Crippen LogP) is 3.19. The summed E-state index contributed by atoms with van der Waals surface area (Å²) < 4.78 is 1.81. The molecule has 0 atom stereocenters. The third-order valence-electron chi connectivity index (χ3n) is 4.40. The number of carbonyl (C=O) groups excluding carboxylic acids is 1. The first kappa shape index (κ1) is 19.1. The average Bonchev–Trinajstić information content (AvgIpc) is 3.30. The van der Waals surface area contributed by atoms with Crippen molar-refractivity contribution in [3.05, 3.63) is 47.0 Å². The molecule has 1 N–H and O–H groups in total. The highest BCUT2D eigenvalue weighted by Crippen LogP contribution is 2.26. The highest BCUT2D eigenvalue weighted by atomic mass is 32.2. The topological polar surface area (TPSA) is 103 Å². The summed E-state index contributed by atoms with van der Waals surface area (Å²) in [7, 11) is 0. The summed E-state index contributed by atoms with van der Waals surface area (Å²) in [6.07, 6.45) is 6.11. The number of amides is 1. The van der Waals surface area contributed by atoms with Gasteiger partial charge in [-0.3, -0.25) is 19.5 Å². The summed E-state index contributed by atoms with van der Waals surface area (Å²) in [5, 5.41) is 23.0. The number of non-ortho nitro benzene ring substituents is 1. The van der Waals surface area contributed by atoms with Gasteiger partial charge in [0, 0.05) is 30.3 Å². The van der Waals surface area contributed by atoms with E-state index >= 15 is 0 Å². The van der Waals surface area contributed by atoms with Gasteiger partial charge in [0.1, 0.15) is 0 Å². The lowest BCUT2D eigenvalue weighted by Gasteiger charge is -2.12. The fourth-order valence-corrected chi connectivity index (χ4v) is 3.89. The predicted molar refractivity (Wildman–Crippen MR) is 103 cm³/mol. The van der Waals surface area contributed by atoms with Crippen LogP contribution in [-0.2, 0) is 11.3 Å². The van der Waals surface area contributed by atoms with Crippen LogP contribution in [-0.4, -0.2) is 37.4 Å². The van der Waals surface area contributed by atoms with Crippen LogP contribution in [0.5, 0.6) is 0 Å². The van der Waals surface area contributed by atoms with E-state index in [2.05, 4.69) is 22.1 Å². The molecule has 27 heavy (non-hydrogen) atoms. The summed E-state index contributed by atoms with van der Waals surface area (Å²) in [6, 6.07) is 6.54. The summed E-state index contributed by atoms with van der Waals surface area (Å²) in [5.74, 6) is 0.745. The van der Waals surface area contributed by atoms with Crippen molar-refractivity contribution in [2.45, 2.75) is 43.4 Å². The van der Waals surface area contributed by atoms with Gasteiger partial charge < -0.3 is 5.32 Å². The third-order valence-corrected chi connectivity index (χ3v) is 5.36. The molecular formula is C18H21N5O3S. The van der Waals surface area contributed by atoms with E-state index in [-0.39, 0.29) is 23.4 Å². The Morgan fingerprint density at radius 1 is 1.41 bits per heavy atom. The first-order chi connectivity index (χ1) is 13.1. The third kappa shape index (κ3) is 4.73. The molecule has 1 aliphatic carbocycles. The van der Waals surface area contributed by atoms with Crippen molar-refractivity contribution in [2.75, 3.05) is 5.75 Å². The van der Waals surface area contributed by atoms with Crippen molar-refractivity contribution < 1.29 is 9.72 Å². The Hall–Kier alpha value is -2.68. The number of thioether (sulfide) groups is 1. The Balaban J connectivity index is 1.74. The fourth-order valence-electron chi connectivity index (χ4n) is 3.13. The van der Waals surface area contributed by atoms with Crippen molar-refractivity contribution in [3.63, 3.8) is 0 Å². The van der Waals surface area contributed by atoms with Crippen LogP contribution in [0.1, 0.15) is 25.7 Å². The number of nitrogens with one attached hydrogen (secondary N) is 1. The van der Waals surface area contributed by atoms with Gasteiger partial charge in [-0.2, -0.15) is 0 Å². The summed E-state index contributed by atoms with van der Waals surface area (Å²) in [4.78, 5) is 22.7. The van der Waals surface area contributed by atoms with Crippen molar-refractivity contribution >= 4 is 23.4 Å². The van der Waals surface area contributed by atoms with Crippen molar-refractivity contribution in [1.82, 2.24) is 20.1 Å². The molecule has 1 amide bonds. The standard InChI is InChI=1S/C18H21N5O3S/c1-2-10-22-17(13-6-5-9-15(11-13)23(25)26)20-21-18(22)27-12-16(24)19-14-7-3-4-8-14/h2,5-6,9,11,14H,1,3-4,7-8,10,12H2,(H,19,24). The second kappa shape index (κ2) is 8.81. The van der Waals surface area contributed by atoms with E-state index in [0.717, 1.165) is 12.8 Å². The highest BCUT2D eigenvalue weighted by Gasteiger charge is 2.19. The van der Waals surface area contributed by atoms with Crippen molar-refractivity contribution in [1.29, 1.82) is 0 Å². The van der Waals surface area contributed by atoms with Crippen LogP contribution in [0.4, 0.5) is 5.69 Å². The van der Waals surface area contributed by atoms with E-state index in [1.165, 1.54) is 36.7 Å². The molecule has 1 aliphatic rings. The minimum absolute atomic E-state index is 0.00852. The Morgan fingerprint density at radius 2 is 2.19 bits per heavy atom. The van der Waals surface area contributed by atoms with Gasteiger partial charge in [-0.05, 0) is 12.8 Å². The monoisotopic (exact) mass is 387 g/mol. The van der Waals surface area contributed by atoms with Crippen LogP contribution in [0, 0.1) is 10.1 Å². The van der Waals surface area contributed by atoms with Crippen LogP contribution in [0.15, 0.2) is 42.1 Å². The maximum atomic E-state index is 12.2. The average molecular weight is 387 g/mol. The lowest BCUT2D eigenvalue weighted by atomic mass is 10.2. The number of aromatic nitrogens is 3.